The van der Waals surface area contributed by atoms with Gasteiger partial charge in [-0.25, -0.2) is 13.2 Å². The number of nitrogen functional groups attached to an aromatic ring is 1. The molecule has 2 heterocycles. The van der Waals surface area contributed by atoms with Crippen molar-refractivity contribution >= 4 is 5.82 Å². The lowest BCUT2D eigenvalue weighted by Gasteiger charge is -2.38. The minimum absolute atomic E-state index is 0.171. The molecule has 1 aliphatic heterocycles. The second-order valence-corrected chi connectivity index (χ2v) is 7.00. The van der Waals surface area contributed by atoms with Crippen LogP contribution in [0.4, 0.5) is 19.0 Å². The maximum absolute atomic E-state index is 14.1. The van der Waals surface area contributed by atoms with Gasteiger partial charge in [-0.2, -0.15) is 5.10 Å². The first kappa shape index (κ1) is 16.4. The molecule has 0 spiro atoms. The van der Waals surface area contributed by atoms with Crippen LogP contribution in [-0.2, 0) is 13.1 Å². The maximum Gasteiger partial charge on any atom is 0.161 e. The second kappa shape index (κ2) is 6.03. The van der Waals surface area contributed by atoms with Gasteiger partial charge in [0.15, 0.2) is 11.6 Å². The average Bonchev–Trinajstić information content (AvgIpc) is 3.14. The molecule has 2 aliphatic rings. The molecule has 8 heteroatoms. The molecule has 0 amide bonds. The Balaban J connectivity index is 1.47. The number of nitrogens with zero attached hydrogens (tertiary/aromatic N) is 2. The van der Waals surface area contributed by atoms with Crippen LogP contribution in [-0.4, -0.2) is 27.2 Å². The van der Waals surface area contributed by atoms with Crippen LogP contribution in [0.15, 0.2) is 12.1 Å². The Morgan fingerprint density at radius 3 is 2.56 bits per heavy atom. The van der Waals surface area contributed by atoms with Crippen LogP contribution in [0.1, 0.15) is 42.0 Å². The van der Waals surface area contributed by atoms with E-state index < -0.39 is 17.5 Å². The van der Waals surface area contributed by atoms with Gasteiger partial charge < -0.3 is 11.5 Å². The summed E-state index contributed by atoms with van der Waals surface area (Å²) in [6.45, 7) is 1.46. The van der Waals surface area contributed by atoms with E-state index in [0.29, 0.717) is 24.7 Å². The summed E-state index contributed by atoms with van der Waals surface area (Å²) in [6, 6.07) is 1.49. The number of fused-ring (bicyclic) bond motifs is 1. The van der Waals surface area contributed by atoms with Gasteiger partial charge >= 0.3 is 0 Å². The van der Waals surface area contributed by atoms with E-state index >= 15 is 0 Å². The fourth-order valence-electron chi connectivity index (χ4n) is 4.17. The summed E-state index contributed by atoms with van der Waals surface area (Å²) in [7, 11) is 0. The second-order valence-electron chi connectivity index (χ2n) is 7.00. The number of aromatic nitrogens is 2. The zero-order valence-electron chi connectivity index (χ0n) is 13.6. The first-order valence-corrected chi connectivity index (χ1v) is 8.39. The highest BCUT2D eigenvalue weighted by molar-refractivity contribution is 5.44. The quantitative estimate of drug-likeness (QED) is 0.726. The molecule has 3 atom stereocenters. The van der Waals surface area contributed by atoms with Crippen molar-refractivity contribution in [3.05, 3.63) is 46.4 Å². The smallest absolute Gasteiger partial charge is 0.161 e. The number of hydrogen-bond donors (Lipinski definition) is 3. The van der Waals surface area contributed by atoms with E-state index in [2.05, 4.69) is 15.1 Å². The molecule has 1 aliphatic carbocycles. The number of nitrogens with one attached hydrogen (secondary N) is 1. The highest BCUT2D eigenvalue weighted by Gasteiger charge is 2.36. The number of rotatable bonds is 2. The van der Waals surface area contributed by atoms with Gasteiger partial charge in [0, 0.05) is 42.7 Å². The van der Waals surface area contributed by atoms with Gasteiger partial charge in [-0.3, -0.25) is 10.00 Å². The van der Waals surface area contributed by atoms with E-state index in [0.717, 1.165) is 36.8 Å². The molecule has 4 rings (SSSR count). The Bertz CT molecular complexity index is 806. The molecule has 1 fully saturated rings. The number of H-pyrrole nitrogens is 1. The average molecular weight is 351 g/mol. The lowest BCUT2D eigenvalue weighted by Crippen LogP contribution is -2.44. The van der Waals surface area contributed by atoms with Crippen LogP contribution in [0.5, 0.6) is 0 Å². The van der Waals surface area contributed by atoms with Crippen LogP contribution in [0.25, 0.3) is 0 Å². The van der Waals surface area contributed by atoms with Crippen molar-refractivity contribution in [2.75, 3.05) is 5.73 Å². The van der Waals surface area contributed by atoms with E-state index in [-0.39, 0.29) is 23.6 Å². The lowest BCUT2D eigenvalue weighted by molar-refractivity contribution is 0.136. The minimum Gasteiger partial charge on any atom is -0.382 e. The monoisotopic (exact) mass is 351 g/mol. The van der Waals surface area contributed by atoms with Gasteiger partial charge in [0.2, 0.25) is 0 Å². The van der Waals surface area contributed by atoms with Gasteiger partial charge in [-0.15, -0.1) is 0 Å². The van der Waals surface area contributed by atoms with Gasteiger partial charge in [-0.05, 0) is 30.9 Å². The first-order chi connectivity index (χ1) is 11.9. The Labute approximate surface area is 143 Å². The van der Waals surface area contributed by atoms with Crippen molar-refractivity contribution in [3.8, 4) is 0 Å². The zero-order valence-corrected chi connectivity index (χ0v) is 13.6. The topological polar surface area (TPSA) is 84.0 Å². The standard InChI is InChI=1S/C17H20F3N5/c18-12-5-14(20)13(19)4-10(12)9-2-1-8(3-15(9)21)25-6-11-16(7-25)23-24-17(11)22/h4-5,8-9,15H,1-3,6-7,21H2,(H3,22,23,24)/t8-,9+,15?/m0/s1. The molecule has 1 aromatic carbocycles. The van der Waals surface area contributed by atoms with Crippen LogP contribution in [0.2, 0.25) is 0 Å². The van der Waals surface area contributed by atoms with Crippen molar-refractivity contribution in [2.45, 2.75) is 50.4 Å². The molecule has 0 saturated heterocycles. The van der Waals surface area contributed by atoms with E-state index in [1.54, 1.807) is 0 Å². The number of anilines is 1. The maximum atomic E-state index is 14.1. The van der Waals surface area contributed by atoms with Crippen molar-refractivity contribution < 1.29 is 13.2 Å². The number of halogens is 3. The van der Waals surface area contributed by atoms with Crippen LogP contribution in [0.3, 0.4) is 0 Å². The van der Waals surface area contributed by atoms with Crippen LogP contribution < -0.4 is 11.5 Å². The fraction of sp³-hybridized carbons (Fsp3) is 0.471. The lowest BCUT2D eigenvalue weighted by atomic mass is 9.77. The molecule has 1 aromatic heterocycles. The number of benzene rings is 1. The molecule has 1 unspecified atom stereocenters. The summed E-state index contributed by atoms with van der Waals surface area (Å²) in [5.41, 5.74) is 14.4. The van der Waals surface area contributed by atoms with Crippen molar-refractivity contribution in [3.63, 3.8) is 0 Å². The highest BCUT2D eigenvalue weighted by atomic mass is 19.2. The zero-order chi connectivity index (χ0) is 17.7. The summed E-state index contributed by atoms with van der Waals surface area (Å²) in [5, 5.41) is 6.95. The molecule has 0 bridgehead atoms. The number of nitrogens with two attached hydrogens (primary N) is 2. The van der Waals surface area contributed by atoms with Gasteiger partial charge in [0.25, 0.3) is 0 Å². The third-order valence-corrected chi connectivity index (χ3v) is 5.53. The SMILES string of the molecule is Nc1n[nH]c2c1CN([C@H]1CC[C@H](c3cc(F)c(F)cc3F)C(N)C1)C2. The number of hydrogen-bond acceptors (Lipinski definition) is 4. The third-order valence-electron chi connectivity index (χ3n) is 5.53. The molecule has 5 N–H and O–H groups in total. The molecule has 1 saturated carbocycles. The Morgan fingerprint density at radius 1 is 1.08 bits per heavy atom. The Morgan fingerprint density at radius 2 is 1.84 bits per heavy atom. The summed E-state index contributed by atoms with van der Waals surface area (Å²) >= 11 is 0. The summed E-state index contributed by atoms with van der Waals surface area (Å²) in [4.78, 5) is 2.29. The summed E-state index contributed by atoms with van der Waals surface area (Å²) in [5.74, 6) is -2.72. The van der Waals surface area contributed by atoms with Crippen molar-refractivity contribution in [2.24, 2.45) is 5.73 Å². The van der Waals surface area contributed by atoms with Crippen molar-refractivity contribution in [1.82, 2.24) is 15.1 Å². The predicted octanol–water partition coefficient (Wildman–Crippen LogP) is 2.39. The van der Waals surface area contributed by atoms with Gasteiger partial charge in [0.1, 0.15) is 11.6 Å². The van der Waals surface area contributed by atoms with Crippen LogP contribution >= 0.6 is 0 Å². The summed E-state index contributed by atoms with van der Waals surface area (Å²) < 4.78 is 40.7. The normalized spacial score (nSPS) is 26.8. The molecular weight excluding hydrogens is 331 g/mol. The third kappa shape index (κ3) is 2.79. The largest absolute Gasteiger partial charge is 0.382 e. The van der Waals surface area contributed by atoms with Gasteiger partial charge in [-0.1, -0.05) is 0 Å². The van der Waals surface area contributed by atoms with E-state index in [4.69, 9.17) is 11.5 Å². The van der Waals surface area contributed by atoms with Crippen molar-refractivity contribution in [1.29, 1.82) is 0 Å². The molecule has 2 aromatic rings. The highest BCUT2D eigenvalue weighted by Crippen LogP contribution is 2.38. The van der Waals surface area contributed by atoms with E-state index in [1.807, 2.05) is 0 Å². The molecule has 5 nitrogen and oxygen atoms in total. The summed E-state index contributed by atoms with van der Waals surface area (Å²) in [6.07, 6.45) is 2.11. The molecule has 0 radical (unpaired) electrons. The Hall–Kier alpha value is -2.06. The van der Waals surface area contributed by atoms with Crippen LogP contribution in [0, 0.1) is 17.5 Å². The number of aromatic amines is 1. The fourth-order valence-corrected chi connectivity index (χ4v) is 4.17. The molecule has 134 valence electrons. The van der Waals surface area contributed by atoms with Gasteiger partial charge in [0.05, 0.1) is 5.69 Å². The predicted molar refractivity (Wildman–Crippen MR) is 86.9 cm³/mol. The van der Waals surface area contributed by atoms with E-state index in [1.165, 1.54) is 0 Å². The van der Waals surface area contributed by atoms with E-state index in [9.17, 15) is 13.2 Å². The molecular formula is C17H20F3N5. The minimum atomic E-state index is -1.17. The first-order valence-electron chi connectivity index (χ1n) is 8.39. The molecule has 25 heavy (non-hydrogen) atoms. The Kier molecular flexibility index (Phi) is 3.96.